The first kappa shape index (κ1) is 13.1. The average Bonchev–Trinajstić information content (AvgIpc) is 2.42. The fourth-order valence-corrected chi connectivity index (χ4v) is 3.12. The fourth-order valence-electron chi connectivity index (χ4n) is 3.12. The van der Waals surface area contributed by atoms with Crippen molar-refractivity contribution in [2.45, 2.75) is 24.7 Å². The van der Waals surface area contributed by atoms with Crippen LogP contribution in [0.3, 0.4) is 0 Å². The van der Waals surface area contributed by atoms with Gasteiger partial charge < -0.3 is 16.0 Å². The molecule has 1 aromatic rings. The number of hydrogen-bond acceptors (Lipinski definition) is 3. The van der Waals surface area contributed by atoms with Crippen molar-refractivity contribution >= 4 is 17.5 Å². The molecule has 1 heterocycles. The van der Waals surface area contributed by atoms with Crippen molar-refractivity contribution in [1.82, 2.24) is 5.32 Å². The maximum Gasteiger partial charge on any atom is 0.246 e. The maximum atomic E-state index is 12.1. The Morgan fingerprint density at radius 3 is 2.65 bits per heavy atom. The lowest BCUT2D eigenvalue weighted by atomic mass is 9.64. The molecule has 1 aromatic carbocycles. The molecular weight excluding hydrogens is 254 g/mol. The zero-order valence-electron chi connectivity index (χ0n) is 11.4. The van der Waals surface area contributed by atoms with Crippen LogP contribution in [0.4, 0.5) is 5.69 Å². The van der Waals surface area contributed by atoms with Gasteiger partial charge in [-0.1, -0.05) is 24.6 Å². The van der Waals surface area contributed by atoms with Crippen molar-refractivity contribution < 1.29 is 9.59 Å². The number of nitrogens with zero attached hydrogens (tertiary/aromatic N) is 1. The first-order valence-electron chi connectivity index (χ1n) is 7.03. The summed E-state index contributed by atoms with van der Waals surface area (Å²) in [6.45, 7) is 0.748. The van der Waals surface area contributed by atoms with Crippen LogP contribution in [-0.4, -0.2) is 31.4 Å². The maximum absolute atomic E-state index is 12.1. The number of nitrogens with two attached hydrogens (primary N) is 1. The summed E-state index contributed by atoms with van der Waals surface area (Å²) in [5.41, 5.74) is 7.91. The molecular formula is C15H19N3O2. The monoisotopic (exact) mass is 273 g/mol. The lowest BCUT2D eigenvalue weighted by Gasteiger charge is -2.44. The molecule has 1 saturated carbocycles. The molecule has 0 spiro atoms. The summed E-state index contributed by atoms with van der Waals surface area (Å²) in [5.74, 6) is -0.182. The molecule has 0 aromatic heterocycles. The molecule has 106 valence electrons. The molecule has 1 aliphatic carbocycles. The first-order chi connectivity index (χ1) is 9.66. The van der Waals surface area contributed by atoms with Crippen LogP contribution in [0, 0.1) is 0 Å². The van der Waals surface area contributed by atoms with Gasteiger partial charge >= 0.3 is 0 Å². The molecule has 20 heavy (non-hydrogen) atoms. The molecule has 5 heteroatoms. The Kier molecular flexibility index (Phi) is 3.22. The number of carbonyl (C=O) groups excluding carboxylic acids is 2. The predicted octanol–water partition coefficient (Wildman–Crippen LogP) is 0.530. The van der Waals surface area contributed by atoms with Crippen molar-refractivity contribution in [3.8, 4) is 0 Å². The smallest absolute Gasteiger partial charge is 0.246 e. The van der Waals surface area contributed by atoms with Crippen LogP contribution in [0.1, 0.15) is 24.8 Å². The summed E-state index contributed by atoms with van der Waals surface area (Å²) in [7, 11) is 0. The number of hydrogen-bond donors (Lipinski definition) is 2. The highest BCUT2D eigenvalue weighted by atomic mass is 16.2. The van der Waals surface area contributed by atoms with Crippen LogP contribution in [0.5, 0.6) is 0 Å². The Morgan fingerprint density at radius 2 is 2.00 bits per heavy atom. The van der Waals surface area contributed by atoms with E-state index in [1.165, 1.54) is 6.42 Å². The number of benzene rings is 1. The van der Waals surface area contributed by atoms with Crippen LogP contribution >= 0.6 is 0 Å². The Hall–Kier alpha value is -1.88. The molecule has 3 rings (SSSR count). The van der Waals surface area contributed by atoms with Crippen molar-refractivity contribution in [1.29, 1.82) is 0 Å². The number of para-hydroxylation sites is 1. The molecule has 2 amide bonds. The normalized spacial score (nSPS) is 21.4. The second-order valence-electron chi connectivity index (χ2n) is 5.61. The van der Waals surface area contributed by atoms with E-state index in [1.54, 1.807) is 4.90 Å². The summed E-state index contributed by atoms with van der Waals surface area (Å²) in [4.78, 5) is 25.3. The molecule has 2 fully saturated rings. The van der Waals surface area contributed by atoms with Gasteiger partial charge in [0.1, 0.15) is 6.54 Å². The van der Waals surface area contributed by atoms with E-state index in [0.717, 1.165) is 24.1 Å². The average molecular weight is 273 g/mol. The van der Waals surface area contributed by atoms with E-state index in [0.29, 0.717) is 6.54 Å². The van der Waals surface area contributed by atoms with Crippen LogP contribution in [0.2, 0.25) is 0 Å². The summed E-state index contributed by atoms with van der Waals surface area (Å²) in [5, 5.41) is 2.58. The van der Waals surface area contributed by atoms with Crippen molar-refractivity contribution in [3.05, 3.63) is 29.8 Å². The Balaban J connectivity index is 2.01. The molecule has 1 aliphatic heterocycles. The van der Waals surface area contributed by atoms with Gasteiger partial charge in [0.05, 0.1) is 6.54 Å². The van der Waals surface area contributed by atoms with Gasteiger partial charge in [-0.2, -0.15) is 0 Å². The van der Waals surface area contributed by atoms with Gasteiger partial charge in [-0.05, 0) is 24.5 Å². The zero-order chi connectivity index (χ0) is 14.2. The summed E-state index contributed by atoms with van der Waals surface area (Å²) >= 11 is 0. The van der Waals surface area contributed by atoms with E-state index in [1.807, 2.05) is 24.3 Å². The van der Waals surface area contributed by atoms with E-state index in [4.69, 9.17) is 5.73 Å². The second-order valence-corrected chi connectivity index (χ2v) is 5.61. The predicted molar refractivity (Wildman–Crippen MR) is 76.4 cm³/mol. The minimum atomic E-state index is -0.116. The molecule has 0 unspecified atom stereocenters. The molecule has 2 aliphatic rings. The lowest BCUT2D eigenvalue weighted by Crippen LogP contribution is -2.53. The number of carbonyl (C=O) groups is 2. The van der Waals surface area contributed by atoms with Crippen molar-refractivity contribution in [2.24, 2.45) is 5.73 Å². The third-order valence-corrected chi connectivity index (χ3v) is 4.51. The molecule has 0 radical (unpaired) electrons. The number of rotatable bonds is 3. The number of piperazine rings is 1. The van der Waals surface area contributed by atoms with Gasteiger partial charge in [0.2, 0.25) is 11.8 Å². The minimum absolute atomic E-state index is 0.0230. The van der Waals surface area contributed by atoms with Crippen LogP contribution in [-0.2, 0) is 15.0 Å². The standard InChI is InChI=1S/C15H19N3O2/c16-10-15(6-3-7-15)11-4-1-2-5-12(11)18-9-13(19)17-8-14(18)20/h1-2,4-5H,3,6-10,16H2,(H,17,19). The van der Waals surface area contributed by atoms with Gasteiger partial charge in [0.15, 0.2) is 0 Å². The van der Waals surface area contributed by atoms with Crippen LogP contribution in [0.15, 0.2) is 24.3 Å². The van der Waals surface area contributed by atoms with E-state index in [2.05, 4.69) is 5.32 Å². The van der Waals surface area contributed by atoms with Gasteiger partial charge in [-0.15, -0.1) is 0 Å². The van der Waals surface area contributed by atoms with Gasteiger partial charge in [-0.3, -0.25) is 9.59 Å². The molecule has 1 saturated heterocycles. The third kappa shape index (κ3) is 1.98. The first-order valence-corrected chi connectivity index (χ1v) is 7.03. The highest BCUT2D eigenvalue weighted by molar-refractivity contribution is 6.05. The second kappa shape index (κ2) is 4.90. The summed E-state index contributed by atoms with van der Waals surface area (Å²) in [6.07, 6.45) is 3.27. The van der Waals surface area contributed by atoms with Crippen molar-refractivity contribution in [2.75, 3.05) is 24.5 Å². The van der Waals surface area contributed by atoms with Crippen molar-refractivity contribution in [3.63, 3.8) is 0 Å². The van der Waals surface area contributed by atoms with E-state index >= 15 is 0 Å². The minimum Gasteiger partial charge on any atom is -0.345 e. The Bertz CT molecular complexity index is 546. The Morgan fingerprint density at radius 1 is 1.25 bits per heavy atom. The largest absolute Gasteiger partial charge is 0.345 e. The molecule has 5 nitrogen and oxygen atoms in total. The van der Waals surface area contributed by atoms with E-state index in [-0.39, 0.29) is 30.3 Å². The van der Waals surface area contributed by atoms with E-state index < -0.39 is 0 Å². The van der Waals surface area contributed by atoms with Gasteiger partial charge in [-0.25, -0.2) is 0 Å². The van der Waals surface area contributed by atoms with Gasteiger partial charge in [0, 0.05) is 17.6 Å². The third-order valence-electron chi connectivity index (χ3n) is 4.51. The van der Waals surface area contributed by atoms with Crippen LogP contribution < -0.4 is 16.0 Å². The topological polar surface area (TPSA) is 75.4 Å². The molecule has 0 bridgehead atoms. The number of anilines is 1. The highest BCUT2D eigenvalue weighted by Gasteiger charge is 2.40. The Labute approximate surface area is 118 Å². The summed E-state index contributed by atoms with van der Waals surface area (Å²) in [6, 6.07) is 7.84. The SMILES string of the molecule is NCC1(c2ccccc2N2CC(=O)NCC2=O)CCC1. The molecule has 3 N–H and O–H groups in total. The highest BCUT2D eigenvalue weighted by Crippen LogP contribution is 2.46. The number of amides is 2. The fraction of sp³-hybridized carbons (Fsp3) is 0.467. The van der Waals surface area contributed by atoms with E-state index in [9.17, 15) is 9.59 Å². The molecule has 0 atom stereocenters. The van der Waals surface area contributed by atoms with Gasteiger partial charge in [0.25, 0.3) is 0 Å². The van der Waals surface area contributed by atoms with Crippen LogP contribution in [0.25, 0.3) is 0 Å². The number of nitrogens with one attached hydrogen (secondary N) is 1. The quantitative estimate of drug-likeness (QED) is 0.843. The summed E-state index contributed by atoms with van der Waals surface area (Å²) < 4.78 is 0. The zero-order valence-corrected chi connectivity index (χ0v) is 11.4. The lowest BCUT2D eigenvalue weighted by molar-refractivity contribution is -0.128.